The van der Waals surface area contributed by atoms with Crippen LogP contribution in [-0.2, 0) is 4.79 Å². The van der Waals surface area contributed by atoms with E-state index in [0.717, 1.165) is 16.7 Å². The highest BCUT2D eigenvalue weighted by atomic mass is 35.5. The molecule has 0 N–H and O–H groups in total. The number of methoxy groups -OCH3 is 1. The number of nitrogens with zero attached hydrogens (tertiary/aromatic N) is 1. The zero-order valence-corrected chi connectivity index (χ0v) is 21.2. The number of hydrogen-bond acceptors (Lipinski definition) is 7. The molecule has 0 aromatic heterocycles. The van der Waals surface area contributed by atoms with Gasteiger partial charge in [0.25, 0.3) is 11.1 Å². The zero-order chi connectivity index (χ0) is 25.7. The third-order valence-electron chi connectivity index (χ3n) is 5.06. The predicted molar refractivity (Wildman–Crippen MR) is 139 cm³/mol. The van der Waals surface area contributed by atoms with Crippen molar-refractivity contribution in [3.05, 3.63) is 92.8 Å². The first-order valence-electron chi connectivity index (χ1n) is 10.6. The van der Waals surface area contributed by atoms with Gasteiger partial charge in [-0.25, -0.2) is 4.79 Å². The Balaban J connectivity index is 1.48. The van der Waals surface area contributed by atoms with Crippen LogP contribution in [0.1, 0.15) is 15.9 Å². The Morgan fingerprint density at radius 2 is 1.64 bits per heavy atom. The highest BCUT2D eigenvalue weighted by Gasteiger charge is 2.35. The van der Waals surface area contributed by atoms with E-state index >= 15 is 0 Å². The van der Waals surface area contributed by atoms with E-state index < -0.39 is 17.1 Å². The van der Waals surface area contributed by atoms with E-state index in [0.29, 0.717) is 32.7 Å². The molecule has 3 aromatic rings. The van der Waals surface area contributed by atoms with Crippen LogP contribution in [0.2, 0.25) is 10.0 Å². The SMILES string of the molecule is COc1ccccc1OCCN1C(=O)S/C(=C\c2cc(Cl)ccc2OC(=O)c2ccc(Cl)cc2)C1=O. The molecule has 0 saturated carbocycles. The molecular formula is C26H19Cl2NO6S. The first-order chi connectivity index (χ1) is 17.4. The Kier molecular flexibility index (Phi) is 8.20. The lowest BCUT2D eigenvalue weighted by molar-refractivity contribution is -0.123. The number of amides is 2. The molecule has 0 aliphatic carbocycles. The summed E-state index contributed by atoms with van der Waals surface area (Å²) in [6.07, 6.45) is 1.47. The molecule has 10 heteroatoms. The van der Waals surface area contributed by atoms with E-state index in [1.165, 1.54) is 19.3 Å². The number of thioether (sulfide) groups is 1. The Hall–Kier alpha value is -3.46. The first-order valence-corrected chi connectivity index (χ1v) is 12.2. The fraction of sp³-hybridized carbons (Fsp3) is 0.115. The van der Waals surface area contributed by atoms with Crippen LogP contribution in [-0.4, -0.2) is 42.3 Å². The van der Waals surface area contributed by atoms with Crippen molar-refractivity contribution in [2.75, 3.05) is 20.3 Å². The fourth-order valence-corrected chi connectivity index (χ4v) is 4.45. The number of para-hydroxylation sites is 2. The Bertz CT molecular complexity index is 1340. The van der Waals surface area contributed by atoms with E-state index in [-0.39, 0.29) is 23.8 Å². The van der Waals surface area contributed by atoms with E-state index in [9.17, 15) is 14.4 Å². The predicted octanol–water partition coefficient (Wildman–Crippen LogP) is 6.34. The van der Waals surface area contributed by atoms with Crippen molar-refractivity contribution >= 4 is 58.2 Å². The van der Waals surface area contributed by atoms with Crippen molar-refractivity contribution in [3.8, 4) is 17.2 Å². The maximum Gasteiger partial charge on any atom is 0.343 e. The summed E-state index contributed by atoms with van der Waals surface area (Å²) in [5, 5.41) is 0.427. The molecule has 0 bridgehead atoms. The van der Waals surface area contributed by atoms with E-state index in [1.807, 2.05) is 6.07 Å². The summed E-state index contributed by atoms with van der Waals surface area (Å²) < 4.78 is 16.4. The fourth-order valence-electron chi connectivity index (χ4n) is 3.29. The van der Waals surface area contributed by atoms with Gasteiger partial charge in [-0.2, -0.15) is 0 Å². The van der Waals surface area contributed by atoms with Gasteiger partial charge in [0.05, 0.1) is 24.1 Å². The second kappa shape index (κ2) is 11.5. The molecule has 2 amide bonds. The van der Waals surface area contributed by atoms with Crippen LogP contribution < -0.4 is 14.2 Å². The molecule has 184 valence electrons. The largest absolute Gasteiger partial charge is 0.493 e. The van der Waals surface area contributed by atoms with Gasteiger partial charge in [-0.05, 0) is 72.4 Å². The standard InChI is InChI=1S/C26H19Cl2NO6S/c1-33-21-4-2-3-5-22(21)34-13-12-29-24(30)23(36-26(29)32)15-17-14-19(28)10-11-20(17)35-25(31)16-6-8-18(27)9-7-16/h2-11,14-15H,12-13H2,1H3/b23-15-. The molecule has 1 heterocycles. The van der Waals surface area contributed by atoms with Crippen LogP contribution in [0.3, 0.4) is 0 Å². The van der Waals surface area contributed by atoms with Gasteiger partial charge >= 0.3 is 5.97 Å². The second-order valence-corrected chi connectivity index (χ2v) is 9.28. The molecule has 0 radical (unpaired) electrons. The van der Waals surface area contributed by atoms with Gasteiger partial charge in [-0.1, -0.05) is 35.3 Å². The number of halogens is 2. The topological polar surface area (TPSA) is 82.1 Å². The number of hydrogen-bond donors (Lipinski definition) is 0. The van der Waals surface area contributed by atoms with Crippen LogP contribution in [0.5, 0.6) is 17.2 Å². The number of ether oxygens (including phenoxy) is 3. The monoisotopic (exact) mass is 543 g/mol. The summed E-state index contributed by atoms with van der Waals surface area (Å²) in [6.45, 7) is 0.140. The quantitative estimate of drug-likeness (QED) is 0.186. The van der Waals surface area contributed by atoms with Gasteiger partial charge in [0.15, 0.2) is 11.5 Å². The highest BCUT2D eigenvalue weighted by molar-refractivity contribution is 8.18. The average Bonchev–Trinajstić information content (AvgIpc) is 3.13. The summed E-state index contributed by atoms with van der Waals surface area (Å²) >= 11 is 12.8. The lowest BCUT2D eigenvalue weighted by Gasteiger charge is -2.14. The molecule has 7 nitrogen and oxygen atoms in total. The van der Waals surface area contributed by atoms with Gasteiger partial charge in [0.2, 0.25) is 0 Å². The van der Waals surface area contributed by atoms with E-state index in [4.69, 9.17) is 37.4 Å². The Labute approximate surface area is 221 Å². The molecule has 0 spiro atoms. The lowest BCUT2D eigenvalue weighted by atomic mass is 10.1. The van der Waals surface area contributed by atoms with Gasteiger partial charge in [0.1, 0.15) is 12.4 Å². The molecule has 1 aliphatic heterocycles. The number of imide groups is 1. The van der Waals surface area contributed by atoms with Crippen LogP contribution in [0.4, 0.5) is 4.79 Å². The van der Waals surface area contributed by atoms with Crippen LogP contribution in [0.15, 0.2) is 71.6 Å². The highest BCUT2D eigenvalue weighted by Crippen LogP contribution is 2.35. The van der Waals surface area contributed by atoms with Gasteiger partial charge in [-0.3, -0.25) is 14.5 Å². The molecule has 3 aromatic carbocycles. The summed E-state index contributed by atoms with van der Waals surface area (Å²) in [6, 6.07) is 18.0. The maximum absolute atomic E-state index is 12.9. The average molecular weight is 544 g/mol. The van der Waals surface area contributed by atoms with Crippen molar-refractivity contribution in [1.29, 1.82) is 0 Å². The number of benzene rings is 3. The minimum atomic E-state index is -0.606. The normalized spacial score (nSPS) is 14.3. The number of esters is 1. The van der Waals surface area contributed by atoms with Crippen molar-refractivity contribution in [3.63, 3.8) is 0 Å². The van der Waals surface area contributed by atoms with Crippen molar-refractivity contribution in [1.82, 2.24) is 4.90 Å². The van der Waals surface area contributed by atoms with Crippen LogP contribution in [0, 0.1) is 0 Å². The van der Waals surface area contributed by atoms with Crippen LogP contribution in [0.25, 0.3) is 6.08 Å². The molecule has 36 heavy (non-hydrogen) atoms. The van der Waals surface area contributed by atoms with Gasteiger partial charge in [-0.15, -0.1) is 0 Å². The number of carbonyl (C=O) groups excluding carboxylic acids is 3. The molecule has 1 aliphatic rings. The van der Waals surface area contributed by atoms with Gasteiger partial charge in [0, 0.05) is 15.6 Å². The molecule has 0 unspecified atom stereocenters. The molecule has 4 rings (SSSR count). The maximum atomic E-state index is 12.9. The first kappa shape index (κ1) is 25.6. The zero-order valence-electron chi connectivity index (χ0n) is 18.9. The minimum absolute atomic E-state index is 0.0496. The molecular weight excluding hydrogens is 525 g/mol. The summed E-state index contributed by atoms with van der Waals surface area (Å²) in [7, 11) is 1.53. The number of rotatable bonds is 8. The third kappa shape index (κ3) is 6.02. The molecule has 0 atom stereocenters. The molecule has 1 fully saturated rings. The van der Waals surface area contributed by atoms with E-state index in [2.05, 4.69) is 0 Å². The van der Waals surface area contributed by atoms with Crippen LogP contribution >= 0.6 is 35.0 Å². The van der Waals surface area contributed by atoms with Crippen molar-refractivity contribution in [2.45, 2.75) is 0 Å². The Morgan fingerprint density at radius 1 is 0.944 bits per heavy atom. The second-order valence-electron chi connectivity index (χ2n) is 7.41. The summed E-state index contributed by atoms with van der Waals surface area (Å²) in [4.78, 5) is 39.3. The van der Waals surface area contributed by atoms with Gasteiger partial charge < -0.3 is 14.2 Å². The van der Waals surface area contributed by atoms with Crippen molar-refractivity contribution < 1.29 is 28.6 Å². The minimum Gasteiger partial charge on any atom is -0.493 e. The number of carbonyl (C=O) groups is 3. The molecule has 1 saturated heterocycles. The smallest absolute Gasteiger partial charge is 0.343 e. The van der Waals surface area contributed by atoms with E-state index in [1.54, 1.807) is 54.6 Å². The lowest BCUT2D eigenvalue weighted by Crippen LogP contribution is -2.32. The third-order valence-corrected chi connectivity index (χ3v) is 6.45. The van der Waals surface area contributed by atoms with Crippen molar-refractivity contribution in [2.24, 2.45) is 0 Å². The summed E-state index contributed by atoms with van der Waals surface area (Å²) in [5.41, 5.74) is 0.677. The Morgan fingerprint density at radius 3 is 2.36 bits per heavy atom. The summed E-state index contributed by atoms with van der Waals surface area (Å²) in [5.74, 6) is 0.154.